The van der Waals surface area contributed by atoms with Crippen LogP contribution in [-0.4, -0.2) is 102 Å². The summed E-state index contributed by atoms with van der Waals surface area (Å²) in [6.07, 6.45) is 2.10. The molecule has 61 heavy (non-hydrogen) atoms. The fraction of sp³-hybridized carbons (Fsp3) is 0.289. The van der Waals surface area contributed by atoms with E-state index in [-0.39, 0.29) is 28.1 Å². The van der Waals surface area contributed by atoms with Crippen molar-refractivity contribution >= 4 is 78.9 Å². The highest BCUT2D eigenvalue weighted by Crippen LogP contribution is 2.33. The molecule has 316 valence electrons. The highest BCUT2D eigenvalue weighted by Gasteiger charge is 2.26. The molecule has 2 saturated heterocycles. The zero-order valence-corrected chi connectivity index (χ0v) is 36.7. The molecule has 12 nitrogen and oxygen atoms in total. The van der Waals surface area contributed by atoms with E-state index in [1.54, 1.807) is 11.8 Å². The van der Waals surface area contributed by atoms with Gasteiger partial charge in [0.05, 0.1) is 15.3 Å². The summed E-state index contributed by atoms with van der Waals surface area (Å²) in [5.74, 6) is 2.97. The number of halogens is 1. The van der Waals surface area contributed by atoms with Gasteiger partial charge in [-0.15, -0.1) is 11.8 Å². The van der Waals surface area contributed by atoms with E-state index in [4.69, 9.17) is 11.6 Å². The minimum atomic E-state index is -4.27. The second kappa shape index (κ2) is 19.9. The third kappa shape index (κ3) is 11.0. The van der Waals surface area contributed by atoms with E-state index in [2.05, 4.69) is 59.0 Å². The number of sulfonamides is 1. The average Bonchev–Trinajstić information content (AvgIpc) is 3.28. The number of nitro benzene ring substituents is 1. The molecule has 2 fully saturated rings. The molecule has 0 saturated carbocycles. The molecule has 0 radical (unpaired) electrons. The number of rotatable bonds is 16. The summed E-state index contributed by atoms with van der Waals surface area (Å²) >= 11 is 10.1. The second-order valence-corrected chi connectivity index (χ2v) is 19.5. The van der Waals surface area contributed by atoms with E-state index < -0.39 is 14.9 Å². The maximum absolute atomic E-state index is 13.8. The average molecular weight is 896 g/mol. The van der Waals surface area contributed by atoms with Crippen molar-refractivity contribution in [2.75, 3.05) is 78.0 Å². The molecule has 5 aromatic carbocycles. The number of thioether (sulfide) groups is 2. The van der Waals surface area contributed by atoms with Crippen LogP contribution >= 0.6 is 35.1 Å². The minimum Gasteiger partial charge on any atom is -0.376 e. The van der Waals surface area contributed by atoms with Gasteiger partial charge in [-0.25, -0.2) is 18.4 Å². The fourth-order valence-electron chi connectivity index (χ4n) is 7.75. The van der Waals surface area contributed by atoms with Crippen LogP contribution in [0.3, 0.4) is 0 Å². The summed E-state index contributed by atoms with van der Waals surface area (Å²) in [6.45, 7) is 6.97. The number of hydrogen-bond donors (Lipinski definition) is 2. The van der Waals surface area contributed by atoms with Crippen LogP contribution < -0.4 is 14.9 Å². The summed E-state index contributed by atoms with van der Waals surface area (Å²) in [4.78, 5) is 28.7. The lowest BCUT2D eigenvalue weighted by molar-refractivity contribution is -0.384. The first-order valence-corrected chi connectivity index (χ1v) is 24.3. The largest absolute Gasteiger partial charge is 0.376 e. The van der Waals surface area contributed by atoms with Crippen molar-refractivity contribution in [3.05, 3.63) is 142 Å². The standard InChI is InChI=1S/C45H47ClN8O4S3/c46-35-11-14-40(33-7-3-1-4-8-33)34(27-35)30-52-19-21-53(22-20-52)37-12-15-41-43(28-37)47-32-48-45(41)50-61(57,58)39-13-16-42(44(29-39)54(55)56)49-36(17-18-51-23-25-59-26-24-51)31-60-38-9-5-2-6-10-38/h1-16,27-29,32,36,49H,17-26,30-31H2,(H,47,48,50). The van der Waals surface area contributed by atoms with Crippen LogP contribution in [0.5, 0.6) is 0 Å². The van der Waals surface area contributed by atoms with Crippen LogP contribution in [0.2, 0.25) is 5.02 Å². The zero-order chi connectivity index (χ0) is 42.2. The number of benzene rings is 5. The Morgan fingerprint density at radius 1 is 0.836 bits per heavy atom. The van der Waals surface area contributed by atoms with Crippen LogP contribution in [0.1, 0.15) is 12.0 Å². The van der Waals surface area contributed by atoms with Gasteiger partial charge in [0.25, 0.3) is 15.7 Å². The number of hydrogen-bond acceptors (Lipinski definition) is 12. The van der Waals surface area contributed by atoms with Crippen LogP contribution in [0.25, 0.3) is 22.0 Å². The van der Waals surface area contributed by atoms with Crippen LogP contribution in [0.4, 0.5) is 22.9 Å². The summed E-state index contributed by atoms with van der Waals surface area (Å²) in [5, 5.41) is 17.1. The second-order valence-electron chi connectivity index (χ2n) is 15.1. The summed E-state index contributed by atoms with van der Waals surface area (Å²) in [5.41, 5.74) is 5.04. The summed E-state index contributed by atoms with van der Waals surface area (Å²) in [6, 6.07) is 36.1. The smallest absolute Gasteiger partial charge is 0.293 e. The molecule has 1 aromatic heterocycles. The number of aromatic nitrogens is 2. The van der Waals surface area contributed by atoms with Gasteiger partial charge in [0, 0.05) is 103 Å². The molecule has 0 aliphatic carbocycles. The minimum absolute atomic E-state index is 0.0936. The lowest BCUT2D eigenvalue weighted by atomic mass is 9.99. The highest BCUT2D eigenvalue weighted by molar-refractivity contribution is 7.99. The van der Waals surface area contributed by atoms with E-state index in [1.807, 2.05) is 84.6 Å². The Bertz CT molecular complexity index is 2560. The van der Waals surface area contributed by atoms with Crippen molar-refractivity contribution in [1.82, 2.24) is 19.8 Å². The van der Waals surface area contributed by atoms with Gasteiger partial charge in [0.1, 0.15) is 12.0 Å². The van der Waals surface area contributed by atoms with Gasteiger partial charge in [0.15, 0.2) is 5.82 Å². The van der Waals surface area contributed by atoms with E-state index in [0.717, 1.165) is 97.5 Å². The molecular weight excluding hydrogens is 848 g/mol. The predicted octanol–water partition coefficient (Wildman–Crippen LogP) is 8.99. The number of anilines is 3. The van der Waals surface area contributed by atoms with Gasteiger partial charge >= 0.3 is 0 Å². The summed E-state index contributed by atoms with van der Waals surface area (Å²) < 4.78 is 30.3. The topological polar surface area (TPSA) is 137 Å². The Morgan fingerprint density at radius 2 is 1.59 bits per heavy atom. The lowest BCUT2D eigenvalue weighted by Crippen LogP contribution is -2.46. The van der Waals surface area contributed by atoms with Gasteiger partial charge in [-0.3, -0.25) is 19.7 Å². The molecular formula is C45H47ClN8O4S3. The monoisotopic (exact) mass is 894 g/mol. The molecule has 2 aliphatic heterocycles. The van der Waals surface area contributed by atoms with Crippen molar-refractivity contribution in [3.8, 4) is 11.1 Å². The van der Waals surface area contributed by atoms with Crippen LogP contribution in [-0.2, 0) is 16.6 Å². The van der Waals surface area contributed by atoms with Gasteiger partial charge in [0.2, 0.25) is 0 Å². The quantitative estimate of drug-likeness (QED) is 0.0545. The maximum Gasteiger partial charge on any atom is 0.293 e. The van der Waals surface area contributed by atoms with E-state index in [0.29, 0.717) is 16.7 Å². The molecule has 2 N–H and O–H groups in total. The normalized spacial score (nSPS) is 15.7. The van der Waals surface area contributed by atoms with Gasteiger partial charge in [-0.1, -0.05) is 66.2 Å². The Kier molecular flexibility index (Phi) is 13.9. The predicted molar refractivity (Wildman–Crippen MR) is 251 cm³/mol. The van der Waals surface area contributed by atoms with Gasteiger partial charge in [-0.2, -0.15) is 11.8 Å². The molecule has 0 bridgehead atoms. The van der Waals surface area contributed by atoms with E-state index >= 15 is 0 Å². The van der Waals surface area contributed by atoms with E-state index in [1.165, 1.54) is 29.6 Å². The van der Waals surface area contributed by atoms with Crippen LogP contribution in [0.15, 0.2) is 131 Å². The first-order valence-electron chi connectivity index (χ1n) is 20.3. The molecule has 3 heterocycles. The number of nitro groups is 1. The Balaban J connectivity index is 0.939. The molecule has 0 amide bonds. The van der Waals surface area contributed by atoms with E-state index in [9.17, 15) is 18.5 Å². The molecule has 16 heteroatoms. The Hall–Kier alpha value is -4.90. The molecule has 1 atom stereocenters. The number of piperazine rings is 1. The van der Waals surface area contributed by atoms with Crippen molar-refractivity contribution in [2.45, 2.75) is 28.8 Å². The number of fused-ring (bicyclic) bond motifs is 1. The lowest BCUT2D eigenvalue weighted by Gasteiger charge is -2.36. The van der Waals surface area contributed by atoms with Crippen molar-refractivity contribution < 1.29 is 13.3 Å². The van der Waals surface area contributed by atoms with Crippen molar-refractivity contribution in [3.63, 3.8) is 0 Å². The van der Waals surface area contributed by atoms with Crippen LogP contribution in [0, 0.1) is 10.1 Å². The van der Waals surface area contributed by atoms with Gasteiger partial charge in [-0.05, 0) is 77.7 Å². The van der Waals surface area contributed by atoms with Crippen molar-refractivity contribution in [1.29, 1.82) is 0 Å². The number of nitrogens with one attached hydrogen (secondary N) is 2. The summed E-state index contributed by atoms with van der Waals surface area (Å²) in [7, 11) is -4.27. The first kappa shape index (κ1) is 42.8. The molecule has 2 aliphatic rings. The fourth-order valence-corrected chi connectivity index (χ4v) is 11.0. The third-order valence-corrected chi connectivity index (χ3v) is 14.8. The van der Waals surface area contributed by atoms with Crippen molar-refractivity contribution in [2.24, 2.45) is 0 Å². The molecule has 8 rings (SSSR count). The Morgan fingerprint density at radius 3 is 2.34 bits per heavy atom. The van der Waals surface area contributed by atoms with Gasteiger partial charge < -0.3 is 15.1 Å². The highest BCUT2D eigenvalue weighted by atomic mass is 35.5. The third-order valence-electron chi connectivity index (χ3n) is 11.1. The first-order chi connectivity index (χ1) is 29.7. The molecule has 6 aromatic rings. The SMILES string of the molecule is O=[N+]([O-])c1cc(S(=O)(=O)Nc2ncnc3cc(N4CCN(Cc5cc(Cl)ccc5-c5ccccc5)CC4)ccc23)ccc1NC(CCN1CCSCC1)CSc1ccccc1. The number of nitrogens with zero attached hydrogens (tertiary/aromatic N) is 6. The maximum atomic E-state index is 13.8. The Labute approximate surface area is 370 Å². The zero-order valence-electron chi connectivity index (χ0n) is 33.5. The molecule has 0 spiro atoms. The molecule has 1 unspecified atom stereocenters.